The summed E-state index contributed by atoms with van der Waals surface area (Å²) in [5, 5.41) is 9.21. The molecule has 44 heavy (non-hydrogen) atoms. The molecule has 0 spiro atoms. The number of rotatable bonds is 7. The summed E-state index contributed by atoms with van der Waals surface area (Å²) in [4.78, 5) is 39.3. The number of fused-ring (bicyclic) bond motifs is 2. The molecule has 0 radical (unpaired) electrons. The third kappa shape index (κ3) is 6.26. The van der Waals surface area contributed by atoms with Gasteiger partial charge in [-0.05, 0) is 54.6 Å². The fourth-order valence-electron chi connectivity index (χ4n) is 4.28. The van der Waals surface area contributed by atoms with Crippen LogP contribution in [-0.4, -0.2) is 24.0 Å². The number of halogens is 3. The molecule has 0 aliphatic carbocycles. The summed E-state index contributed by atoms with van der Waals surface area (Å²) in [6, 6.07) is 26.4. The Morgan fingerprint density at radius 1 is 0.773 bits per heavy atom. The highest BCUT2D eigenvalue weighted by atomic mass is 79.9. The van der Waals surface area contributed by atoms with E-state index in [2.05, 4.69) is 31.8 Å². The van der Waals surface area contributed by atoms with Crippen molar-refractivity contribution >= 4 is 112 Å². The molecule has 7 nitrogen and oxygen atoms in total. The lowest BCUT2D eigenvalue weighted by Gasteiger charge is -2.08. The first-order chi connectivity index (χ1) is 21.3. The number of amides is 2. The second-order valence-electron chi connectivity index (χ2n) is 9.28. The molecule has 4 aromatic carbocycles. The molecule has 2 amide bonds. The summed E-state index contributed by atoms with van der Waals surface area (Å²) in [6.07, 6.45) is 1.38. The van der Waals surface area contributed by atoms with Gasteiger partial charge in [-0.1, -0.05) is 75.5 Å². The highest BCUT2D eigenvalue weighted by molar-refractivity contribution is 9.10. The van der Waals surface area contributed by atoms with Gasteiger partial charge in [0, 0.05) is 41.5 Å². The van der Waals surface area contributed by atoms with E-state index < -0.39 is 11.9 Å². The summed E-state index contributed by atoms with van der Waals surface area (Å²) in [5.41, 5.74) is 3.74. The number of hydrazone groups is 1. The van der Waals surface area contributed by atoms with Gasteiger partial charge in [-0.3, -0.25) is 9.59 Å². The second-order valence-corrected chi connectivity index (χ2v) is 13.1. The summed E-state index contributed by atoms with van der Waals surface area (Å²) >= 11 is 18.8. The first-order valence-electron chi connectivity index (χ1n) is 12.9. The number of carbonyl (C=O) groups excluding carboxylic acids is 3. The van der Waals surface area contributed by atoms with E-state index in [9.17, 15) is 14.4 Å². The molecule has 12 heteroatoms. The lowest BCUT2D eigenvalue weighted by molar-refractivity contribution is 0.0739. The topological polar surface area (TPSA) is 96.9 Å². The van der Waals surface area contributed by atoms with Crippen LogP contribution in [0.5, 0.6) is 5.75 Å². The first-order valence-corrected chi connectivity index (χ1v) is 16.1. The molecule has 6 rings (SSSR count). The third-order valence-electron chi connectivity index (χ3n) is 6.41. The van der Waals surface area contributed by atoms with Crippen molar-refractivity contribution in [2.24, 2.45) is 5.10 Å². The number of benzene rings is 4. The molecular weight excluding hydrogens is 705 g/mol. The molecule has 0 saturated carbocycles. The Morgan fingerprint density at radius 2 is 1.39 bits per heavy atom. The third-order valence-corrected chi connectivity index (χ3v) is 10.2. The molecule has 0 bridgehead atoms. The average Bonchev–Trinajstić information content (AvgIpc) is 3.55. The molecule has 0 unspecified atom stereocenters. The lowest BCUT2D eigenvalue weighted by atomic mass is 10.2. The molecular formula is C32H18BrCl2N3O4S2. The molecule has 0 atom stereocenters. The van der Waals surface area contributed by atoms with Crippen LogP contribution in [0.4, 0.5) is 5.69 Å². The number of anilines is 1. The normalized spacial score (nSPS) is 11.2. The van der Waals surface area contributed by atoms with Crippen molar-refractivity contribution < 1.29 is 19.1 Å². The van der Waals surface area contributed by atoms with Crippen LogP contribution in [0.15, 0.2) is 101 Å². The van der Waals surface area contributed by atoms with Crippen LogP contribution in [0.1, 0.15) is 35.3 Å². The Hall–Kier alpha value is -4.06. The van der Waals surface area contributed by atoms with Gasteiger partial charge in [0.1, 0.15) is 15.5 Å². The van der Waals surface area contributed by atoms with E-state index in [-0.39, 0.29) is 11.7 Å². The predicted octanol–water partition coefficient (Wildman–Crippen LogP) is 9.42. The van der Waals surface area contributed by atoms with Crippen molar-refractivity contribution in [2.45, 2.75) is 0 Å². The maximum absolute atomic E-state index is 13.0. The maximum atomic E-state index is 13.0. The van der Waals surface area contributed by atoms with Crippen LogP contribution in [0.3, 0.4) is 0 Å². The number of esters is 1. The summed E-state index contributed by atoms with van der Waals surface area (Å²) < 4.78 is 8.18. The number of carbonyl (C=O) groups is 3. The van der Waals surface area contributed by atoms with Gasteiger partial charge < -0.3 is 10.1 Å². The molecule has 0 aliphatic heterocycles. The van der Waals surface area contributed by atoms with Gasteiger partial charge in [0.15, 0.2) is 0 Å². The zero-order valence-corrected chi connectivity index (χ0v) is 27.0. The van der Waals surface area contributed by atoms with E-state index in [1.165, 1.54) is 28.9 Å². The second kappa shape index (κ2) is 12.9. The highest BCUT2D eigenvalue weighted by Gasteiger charge is 2.20. The molecule has 0 saturated heterocycles. The summed E-state index contributed by atoms with van der Waals surface area (Å²) in [7, 11) is 0. The van der Waals surface area contributed by atoms with E-state index >= 15 is 0 Å². The number of hydrogen-bond acceptors (Lipinski definition) is 7. The van der Waals surface area contributed by atoms with Gasteiger partial charge >= 0.3 is 5.97 Å². The molecule has 2 aromatic heterocycles. The van der Waals surface area contributed by atoms with Crippen LogP contribution < -0.4 is 15.5 Å². The van der Waals surface area contributed by atoms with Crippen molar-refractivity contribution in [1.82, 2.24) is 5.43 Å². The van der Waals surface area contributed by atoms with Gasteiger partial charge in [-0.15, -0.1) is 22.7 Å². The van der Waals surface area contributed by atoms with E-state index in [4.69, 9.17) is 27.9 Å². The zero-order valence-electron chi connectivity index (χ0n) is 22.3. The fourth-order valence-corrected chi connectivity index (χ4v) is 7.46. The average molecular weight is 723 g/mol. The molecule has 0 aliphatic rings. The highest BCUT2D eigenvalue weighted by Crippen LogP contribution is 2.37. The van der Waals surface area contributed by atoms with E-state index in [1.54, 1.807) is 42.5 Å². The molecule has 218 valence electrons. The van der Waals surface area contributed by atoms with E-state index in [1.807, 2.05) is 48.5 Å². The van der Waals surface area contributed by atoms with Crippen LogP contribution in [-0.2, 0) is 0 Å². The Morgan fingerprint density at radius 3 is 2.05 bits per heavy atom. The van der Waals surface area contributed by atoms with E-state index in [0.29, 0.717) is 36.6 Å². The van der Waals surface area contributed by atoms with E-state index in [0.717, 1.165) is 24.6 Å². The number of thiophene rings is 2. The van der Waals surface area contributed by atoms with Crippen LogP contribution in [0.25, 0.3) is 20.2 Å². The standard InChI is InChI=1S/C32H18BrCl2N3O4S2/c33-19-11-14-23(42-32(41)29-27(35)22-6-2-4-8-25(22)44-29)18(15-19)16-36-38-30(39)17-9-12-20(13-10-17)37-31(40)28-26(34)21-5-1-3-7-24(21)43-28/h1-16H,(H,37,40)(H,38,39)/b36-16-. The Kier molecular flexibility index (Phi) is 8.79. The zero-order chi connectivity index (χ0) is 30.8. The monoisotopic (exact) mass is 721 g/mol. The van der Waals surface area contributed by atoms with Crippen molar-refractivity contribution in [1.29, 1.82) is 0 Å². The SMILES string of the molecule is O=C(N/N=C\c1cc(Br)ccc1OC(=O)c1sc2ccccc2c1Cl)c1ccc(NC(=O)c2sc3ccccc3c2Cl)cc1. The Balaban J connectivity index is 1.11. The van der Waals surface area contributed by atoms with Crippen LogP contribution in [0.2, 0.25) is 10.0 Å². The van der Waals surface area contributed by atoms with Crippen molar-refractivity contribution in [3.05, 3.63) is 126 Å². The minimum absolute atomic E-state index is 0.239. The van der Waals surface area contributed by atoms with Crippen LogP contribution in [0, 0.1) is 0 Å². The molecule has 2 N–H and O–H groups in total. The molecule has 0 fully saturated rings. The molecule has 2 heterocycles. The number of nitrogens with zero attached hydrogens (tertiary/aromatic N) is 1. The maximum Gasteiger partial charge on any atom is 0.355 e. The van der Waals surface area contributed by atoms with Crippen molar-refractivity contribution in [2.75, 3.05) is 5.32 Å². The summed E-state index contributed by atoms with van der Waals surface area (Å²) in [5.74, 6) is -1.17. The van der Waals surface area contributed by atoms with Crippen molar-refractivity contribution in [3.63, 3.8) is 0 Å². The summed E-state index contributed by atoms with van der Waals surface area (Å²) in [6.45, 7) is 0. The van der Waals surface area contributed by atoms with Gasteiger partial charge in [0.25, 0.3) is 11.8 Å². The first kappa shape index (κ1) is 30.0. The minimum Gasteiger partial charge on any atom is -0.422 e. The lowest BCUT2D eigenvalue weighted by Crippen LogP contribution is -2.18. The van der Waals surface area contributed by atoms with Crippen LogP contribution >= 0.6 is 61.8 Å². The molecule has 6 aromatic rings. The smallest absolute Gasteiger partial charge is 0.355 e. The predicted molar refractivity (Wildman–Crippen MR) is 182 cm³/mol. The fraction of sp³-hybridized carbons (Fsp3) is 0. The minimum atomic E-state index is -0.598. The largest absolute Gasteiger partial charge is 0.422 e. The number of nitrogens with one attached hydrogen (secondary N) is 2. The number of hydrogen-bond donors (Lipinski definition) is 2. The Bertz CT molecular complexity index is 2110. The van der Waals surface area contributed by atoms with Gasteiger partial charge in [0.05, 0.1) is 16.3 Å². The van der Waals surface area contributed by atoms with Gasteiger partial charge in [-0.2, -0.15) is 5.10 Å². The van der Waals surface area contributed by atoms with Gasteiger partial charge in [-0.25, -0.2) is 10.2 Å². The van der Waals surface area contributed by atoms with Crippen molar-refractivity contribution in [3.8, 4) is 5.75 Å². The Labute approximate surface area is 277 Å². The van der Waals surface area contributed by atoms with Gasteiger partial charge in [0.2, 0.25) is 0 Å². The number of ether oxygens (including phenoxy) is 1. The quantitative estimate of drug-likeness (QED) is 0.0743.